The summed E-state index contributed by atoms with van der Waals surface area (Å²) in [6.45, 7) is 6.60. The van der Waals surface area contributed by atoms with Crippen LogP contribution in [0.15, 0.2) is 18.3 Å². The van der Waals surface area contributed by atoms with Crippen molar-refractivity contribution in [3.05, 3.63) is 24.0 Å². The summed E-state index contributed by atoms with van der Waals surface area (Å²) in [7, 11) is 0. The minimum Gasteiger partial charge on any atom is -0.341 e. The minimum absolute atomic E-state index is 0.157. The zero-order valence-corrected chi connectivity index (χ0v) is 11.3. The SMILES string of the molecule is CC(C)n1cccc1C(=O)N1CCC(CN)CC1. The van der Waals surface area contributed by atoms with Crippen LogP contribution in [0.4, 0.5) is 0 Å². The number of carbonyl (C=O) groups is 1. The number of carbonyl (C=O) groups excluding carboxylic acids is 1. The van der Waals surface area contributed by atoms with Gasteiger partial charge in [0.15, 0.2) is 0 Å². The molecule has 1 fully saturated rings. The van der Waals surface area contributed by atoms with Crippen molar-refractivity contribution in [1.82, 2.24) is 9.47 Å². The molecule has 2 N–H and O–H groups in total. The number of hydrogen-bond donors (Lipinski definition) is 1. The van der Waals surface area contributed by atoms with Crippen molar-refractivity contribution in [2.24, 2.45) is 11.7 Å². The van der Waals surface area contributed by atoms with Crippen LogP contribution in [0.3, 0.4) is 0 Å². The van der Waals surface area contributed by atoms with Gasteiger partial charge < -0.3 is 15.2 Å². The summed E-state index contributed by atoms with van der Waals surface area (Å²) >= 11 is 0. The average molecular weight is 249 g/mol. The molecule has 0 spiro atoms. The average Bonchev–Trinajstić information content (AvgIpc) is 2.87. The fraction of sp³-hybridized carbons (Fsp3) is 0.643. The van der Waals surface area contributed by atoms with Gasteiger partial charge in [-0.3, -0.25) is 4.79 Å². The van der Waals surface area contributed by atoms with Crippen molar-refractivity contribution in [3.63, 3.8) is 0 Å². The maximum Gasteiger partial charge on any atom is 0.270 e. The van der Waals surface area contributed by atoms with Crippen LogP contribution in [0.2, 0.25) is 0 Å². The van der Waals surface area contributed by atoms with Crippen molar-refractivity contribution in [2.75, 3.05) is 19.6 Å². The highest BCUT2D eigenvalue weighted by Crippen LogP contribution is 2.19. The second-order valence-electron chi connectivity index (χ2n) is 5.37. The first-order valence-electron chi connectivity index (χ1n) is 6.79. The van der Waals surface area contributed by atoms with E-state index >= 15 is 0 Å². The molecular weight excluding hydrogens is 226 g/mol. The molecule has 1 aromatic heterocycles. The molecule has 18 heavy (non-hydrogen) atoms. The third-order valence-electron chi connectivity index (χ3n) is 3.79. The molecule has 1 aromatic rings. The van der Waals surface area contributed by atoms with E-state index in [1.54, 1.807) is 0 Å². The van der Waals surface area contributed by atoms with Crippen LogP contribution in [0.25, 0.3) is 0 Å². The van der Waals surface area contributed by atoms with E-state index in [-0.39, 0.29) is 5.91 Å². The van der Waals surface area contributed by atoms with Gasteiger partial charge in [-0.1, -0.05) is 0 Å². The maximum atomic E-state index is 12.5. The first kappa shape index (κ1) is 13.1. The summed E-state index contributed by atoms with van der Waals surface area (Å²) in [4.78, 5) is 14.4. The topological polar surface area (TPSA) is 51.3 Å². The summed E-state index contributed by atoms with van der Waals surface area (Å²) < 4.78 is 2.04. The van der Waals surface area contributed by atoms with Crippen LogP contribution in [0, 0.1) is 5.92 Å². The van der Waals surface area contributed by atoms with E-state index in [0.29, 0.717) is 12.0 Å². The van der Waals surface area contributed by atoms with E-state index in [4.69, 9.17) is 5.73 Å². The second-order valence-corrected chi connectivity index (χ2v) is 5.37. The van der Waals surface area contributed by atoms with Crippen molar-refractivity contribution < 1.29 is 4.79 Å². The number of nitrogens with zero attached hydrogens (tertiary/aromatic N) is 2. The van der Waals surface area contributed by atoms with E-state index in [2.05, 4.69) is 13.8 Å². The first-order valence-corrected chi connectivity index (χ1v) is 6.79. The Morgan fingerprint density at radius 3 is 2.67 bits per heavy atom. The van der Waals surface area contributed by atoms with E-state index in [9.17, 15) is 4.79 Å². The maximum absolute atomic E-state index is 12.5. The number of rotatable bonds is 3. The zero-order valence-electron chi connectivity index (χ0n) is 11.3. The minimum atomic E-state index is 0.157. The van der Waals surface area contributed by atoms with Gasteiger partial charge in [-0.15, -0.1) is 0 Å². The van der Waals surface area contributed by atoms with Gasteiger partial charge in [-0.05, 0) is 51.3 Å². The van der Waals surface area contributed by atoms with Crippen LogP contribution < -0.4 is 5.73 Å². The van der Waals surface area contributed by atoms with Gasteiger partial charge in [0.05, 0.1) is 0 Å². The third-order valence-corrected chi connectivity index (χ3v) is 3.79. The van der Waals surface area contributed by atoms with Crippen LogP contribution in [-0.2, 0) is 0 Å². The summed E-state index contributed by atoms with van der Waals surface area (Å²) in [6.07, 6.45) is 4.04. The van der Waals surface area contributed by atoms with Crippen LogP contribution >= 0.6 is 0 Å². The molecule has 1 aliphatic rings. The Balaban J connectivity index is 2.06. The Bertz CT molecular complexity index is 403. The van der Waals surface area contributed by atoms with Gasteiger partial charge in [0.1, 0.15) is 5.69 Å². The number of likely N-dealkylation sites (tertiary alicyclic amines) is 1. The Morgan fingerprint density at radius 1 is 1.44 bits per heavy atom. The first-order chi connectivity index (χ1) is 8.63. The molecule has 0 radical (unpaired) electrons. The molecule has 2 rings (SSSR count). The molecule has 100 valence electrons. The fourth-order valence-corrected chi connectivity index (χ4v) is 2.56. The quantitative estimate of drug-likeness (QED) is 0.889. The molecule has 0 saturated carbocycles. The highest BCUT2D eigenvalue weighted by Gasteiger charge is 2.24. The Labute approximate surface area is 109 Å². The van der Waals surface area contributed by atoms with Crippen LogP contribution in [0.5, 0.6) is 0 Å². The Kier molecular flexibility index (Phi) is 4.07. The van der Waals surface area contributed by atoms with Gasteiger partial charge in [-0.25, -0.2) is 0 Å². The lowest BCUT2D eigenvalue weighted by atomic mass is 9.97. The predicted molar refractivity (Wildman–Crippen MR) is 72.5 cm³/mol. The Morgan fingerprint density at radius 2 is 2.11 bits per heavy atom. The highest BCUT2D eigenvalue weighted by molar-refractivity contribution is 5.92. The molecule has 1 aliphatic heterocycles. The molecule has 1 amide bonds. The largest absolute Gasteiger partial charge is 0.341 e. The molecule has 0 aliphatic carbocycles. The number of aromatic nitrogens is 1. The van der Waals surface area contributed by atoms with Crippen LogP contribution in [0.1, 0.15) is 43.2 Å². The molecule has 1 saturated heterocycles. The molecule has 2 heterocycles. The molecule has 0 unspecified atom stereocenters. The molecule has 0 atom stereocenters. The van der Waals surface area contributed by atoms with Crippen molar-refractivity contribution >= 4 is 5.91 Å². The molecule has 0 aromatic carbocycles. The second kappa shape index (κ2) is 5.57. The van der Waals surface area contributed by atoms with E-state index < -0.39 is 0 Å². The van der Waals surface area contributed by atoms with Crippen molar-refractivity contribution in [2.45, 2.75) is 32.7 Å². The molecule has 0 bridgehead atoms. The fourth-order valence-electron chi connectivity index (χ4n) is 2.56. The molecule has 4 nitrogen and oxygen atoms in total. The van der Waals surface area contributed by atoms with Gasteiger partial charge in [-0.2, -0.15) is 0 Å². The lowest BCUT2D eigenvalue weighted by Gasteiger charge is -2.31. The standard InChI is InChI=1S/C14H23N3O/c1-11(2)17-7-3-4-13(17)14(18)16-8-5-12(10-15)6-9-16/h3-4,7,11-12H,5-6,8-10,15H2,1-2H3. The number of amides is 1. The number of hydrogen-bond acceptors (Lipinski definition) is 2. The van der Waals surface area contributed by atoms with Crippen molar-refractivity contribution in [3.8, 4) is 0 Å². The van der Waals surface area contributed by atoms with Gasteiger partial charge in [0.25, 0.3) is 5.91 Å². The summed E-state index contributed by atoms with van der Waals surface area (Å²) in [6, 6.07) is 4.18. The van der Waals surface area contributed by atoms with Gasteiger partial charge in [0.2, 0.25) is 0 Å². The number of piperidine rings is 1. The summed E-state index contributed by atoms with van der Waals surface area (Å²) in [5, 5.41) is 0. The smallest absolute Gasteiger partial charge is 0.270 e. The molecule has 4 heteroatoms. The lowest BCUT2D eigenvalue weighted by Crippen LogP contribution is -2.40. The summed E-state index contributed by atoms with van der Waals surface area (Å²) in [5.41, 5.74) is 6.48. The van der Waals surface area contributed by atoms with E-state index in [1.807, 2.05) is 27.8 Å². The zero-order chi connectivity index (χ0) is 13.1. The van der Waals surface area contributed by atoms with E-state index in [1.165, 1.54) is 0 Å². The van der Waals surface area contributed by atoms with Gasteiger partial charge in [0, 0.05) is 25.3 Å². The summed E-state index contributed by atoms with van der Waals surface area (Å²) in [5.74, 6) is 0.745. The predicted octanol–water partition coefficient (Wildman–Crippen LogP) is 1.88. The number of nitrogens with two attached hydrogens (primary N) is 1. The third kappa shape index (κ3) is 2.58. The molecular formula is C14H23N3O. The van der Waals surface area contributed by atoms with Gasteiger partial charge >= 0.3 is 0 Å². The van der Waals surface area contributed by atoms with Crippen LogP contribution in [-0.4, -0.2) is 35.0 Å². The highest BCUT2D eigenvalue weighted by atomic mass is 16.2. The van der Waals surface area contributed by atoms with E-state index in [0.717, 1.165) is 38.2 Å². The van der Waals surface area contributed by atoms with Crippen molar-refractivity contribution in [1.29, 1.82) is 0 Å². The normalized spacial score (nSPS) is 17.4. The Hall–Kier alpha value is -1.29. The monoisotopic (exact) mass is 249 g/mol. The lowest BCUT2D eigenvalue weighted by molar-refractivity contribution is 0.0681.